The first kappa shape index (κ1) is 20.8. The molecule has 0 aromatic heterocycles. The van der Waals surface area contributed by atoms with Crippen molar-refractivity contribution >= 4 is 0 Å². The van der Waals surface area contributed by atoms with E-state index in [9.17, 15) is 22.7 Å². The minimum atomic E-state index is -4.17. The number of halogens is 4. The first-order chi connectivity index (χ1) is 13.2. The summed E-state index contributed by atoms with van der Waals surface area (Å²) in [5.41, 5.74) is 2.37. The third kappa shape index (κ3) is 5.31. The van der Waals surface area contributed by atoms with Gasteiger partial charge in [-0.1, -0.05) is 36.4 Å². The maximum atomic E-state index is 14.7. The number of nitrogens with zero attached hydrogens (tertiary/aromatic N) is 2. The zero-order valence-electron chi connectivity index (χ0n) is 15.7. The van der Waals surface area contributed by atoms with Crippen LogP contribution in [0.2, 0.25) is 0 Å². The van der Waals surface area contributed by atoms with Crippen molar-refractivity contribution < 1.29 is 22.7 Å². The van der Waals surface area contributed by atoms with Gasteiger partial charge in [-0.25, -0.2) is 4.39 Å². The zero-order chi connectivity index (χ0) is 20.3. The fourth-order valence-corrected chi connectivity index (χ4v) is 3.55. The Morgan fingerprint density at radius 3 is 2.29 bits per heavy atom. The molecule has 0 radical (unpaired) electrons. The molecule has 0 saturated carbocycles. The number of aliphatic hydroxyl groups excluding tert-OH is 1. The standard InChI is InChI=1S/C21H24F4N2O/c1-15(28)18-6-3-7-19(20(18)22)17-5-2-4-16(12-17)13-26-8-10-27(11-9-26)14-21(23,24)25/h2-7,12,15,28H,8-11,13-14H2,1H3. The van der Waals surface area contributed by atoms with Crippen LogP contribution in [0, 0.1) is 5.82 Å². The molecule has 1 heterocycles. The molecule has 1 aliphatic rings. The van der Waals surface area contributed by atoms with E-state index in [0.717, 1.165) is 5.56 Å². The number of benzene rings is 2. The van der Waals surface area contributed by atoms with Gasteiger partial charge in [0.1, 0.15) is 5.82 Å². The summed E-state index contributed by atoms with van der Waals surface area (Å²) in [5, 5.41) is 9.72. The summed E-state index contributed by atoms with van der Waals surface area (Å²) in [5.74, 6) is -0.435. The van der Waals surface area contributed by atoms with E-state index < -0.39 is 24.6 Å². The second kappa shape index (κ2) is 8.59. The van der Waals surface area contributed by atoms with E-state index in [4.69, 9.17) is 0 Å². The second-order valence-corrected chi connectivity index (χ2v) is 7.25. The van der Waals surface area contributed by atoms with Gasteiger partial charge in [0.05, 0.1) is 12.6 Å². The van der Waals surface area contributed by atoms with E-state index >= 15 is 0 Å². The Morgan fingerprint density at radius 1 is 1.00 bits per heavy atom. The molecule has 1 fully saturated rings. The van der Waals surface area contributed by atoms with Gasteiger partial charge in [-0.05, 0) is 24.1 Å². The predicted octanol–water partition coefficient (Wildman–Crippen LogP) is 4.23. The minimum Gasteiger partial charge on any atom is -0.389 e. The average molecular weight is 396 g/mol. The van der Waals surface area contributed by atoms with Crippen molar-refractivity contribution in [2.45, 2.75) is 25.7 Å². The second-order valence-electron chi connectivity index (χ2n) is 7.25. The zero-order valence-corrected chi connectivity index (χ0v) is 15.7. The van der Waals surface area contributed by atoms with Crippen LogP contribution < -0.4 is 0 Å². The molecule has 0 spiro atoms. The highest BCUT2D eigenvalue weighted by Gasteiger charge is 2.32. The number of hydrogen-bond acceptors (Lipinski definition) is 3. The van der Waals surface area contributed by atoms with E-state index in [0.29, 0.717) is 43.9 Å². The van der Waals surface area contributed by atoms with Crippen molar-refractivity contribution in [1.82, 2.24) is 9.80 Å². The molecular weight excluding hydrogens is 372 g/mol. The summed E-state index contributed by atoms with van der Waals surface area (Å²) in [7, 11) is 0. The molecule has 1 aliphatic heterocycles. The van der Waals surface area contributed by atoms with Gasteiger partial charge in [-0.2, -0.15) is 13.2 Å². The summed E-state index contributed by atoms with van der Waals surface area (Å²) >= 11 is 0. The average Bonchev–Trinajstić information content (AvgIpc) is 2.62. The van der Waals surface area contributed by atoms with E-state index in [1.54, 1.807) is 18.2 Å². The smallest absolute Gasteiger partial charge is 0.389 e. The molecule has 152 valence electrons. The van der Waals surface area contributed by atoms with Gasteiger partial charge in [-0.15, -0.1) is 0 Å². The molecular formula is C21H24F4N2O. The lowest BCUT2D eigenvalue weighted by molar-refractivity contribution is -0.149. The summed E-state index contributed by atoms with van der Waals surface area (Å²) < 4.78 is 52.2. The van der Waals surface area contributed by atoms with Crippen LogP contribution in [-0.4, -0.2) is 53.8 Å². The van der Waals surface area contributed by atoms with Crippen LogP contribution in [0.25, 0.3) is 11.1 Å². The summed E-state index contributed by atoms with van der Waals surface area (Å²) in [6.45, 7) is 3.14. The minimum absolute atomic E-state index is 0.253. The van der Waals surface area contributed by atoms with Crippen molar-refractivity contribution in [3.8, 4) is 11.1 Å². The third-order valence-corrected chi connectivity index (χ3v) is 4.99. The molecule has 1 saturated heterocycles. The van der Waals surface area contributed by atoms with Crippen molar-refractivity contribution in [3.05, 3.63) is 59.4 Å². The maximum absolute atomic E-state index is 14.7. The highest BCUT2D eigenvalue weighted by molar-refractivity contribution is 5.66. The fourth-order valence-electron chi connectivity index (χ4n) is 3.55. The molecule has 0 aliphatic carbocycles. The van der Waals surface area contributed by atoms with Crippen molar-refractivity contribution in [1.29, 1.82) is 0 Å². The molecule has 0 bridgehead atoms. The van der Waals surface area contributed by atoms with Gasteiger partial charge in [0.15, 0.2) is 0 Å². The van der Waals surface area contributed by atoms with Crippen LogP contribution in [0.1, 0.15) is 24.2 Å². The molecule has 3 rings (SSSR count). The summed E-state index contributed by atoms with van der Waals surface area (Å²) in [6.07, 6.45) is -5.06. The quantitative estimate of drug-likeness (QED) is 0.767. The number of hydrogen-bond donors (Lipinski definition) is 1. The largest absolute Gasteiger partial charge is 0.401 e. The first-order valence-electron chi connectivity index (χ1n) is 9.30. The van der Waals surface area contributed by atoms with Gasteiger partial charge in [-0.3, -0.25) is 9.80 Å². The topological polar surface area (TPSA) is 26.7 Å². The fraction of sp³-hybridized carbons (Fsp3) is 0.429. The lowest BCUT2D eigenvalue weighted by Crippen LogP contribution is -2.48. The molecule has 1 unspecified atom stereocenters. The lowest BCUT2D eigenvalue weighted by Gasteiger charge is -2.35. The van der Waals surface area contributed by atoms with Gasteiger partial charge in [0.2, 0.25) is 0 Å². The van der Waals surface area contributed by atoms with Gasteiger partial charge in [0.25, 0.3) is 0 Å². The lowest BCUT2D eigenvalue weighted by atomic mass is 9.98. The van der Waals surface area contributed by atoms with Gasteiger partial charge in [0, 0.05) is 43.9 Å². The Hall–Kier alpha value is -1.96. The van der Waals surface area contributed by atoms with Crippen molar-refractivity contribution in [2.75, 3.05) is 32.7 Å². The Kier molecular flexibility index (Phi) is 6.37. The normalized spacial score (nSPS) is 17.6. The molecule has 28 heavy (non-hydrogen) atoms. The van der Waals surface area contributed by atoms with Crippen LogP contribution in [0.5, 0.6) is 0 Å². The monoisotopic (exact) mass is 396 g/mol. The Labute approximate surface area is 162 Å². The van der Waals surface area contributed by atoms with Gasteiger partial charge < -0.3 is 5.11 Å². The Morgan fingerprint density at radius 2 is 1.64 bits per heavy atom. The van der Waals surface area contributed by atoms with Crippen LogP contribution in [0.15, 0.2) is 42.5 Å². The number of alkyl halides is 3. The van der Waals surface area contributed by atoms with Crippen molar-refractivity contribution in [2.24, 2.45) is 0 Å². The first-order valence-corrected chi connectivity index (χ1v) is 9.30. The Bertz CT molecular complexity index is 799. The SMILES string of the molecule is CC(O)c1cccc(-c2cccc(CN3CCN(CC(F)(F)F)CC3)c2)c1F. The third-order valence-electron chi connectivity index (χ3n) is 4.99. The number of rotatable bonds is 5. The molecule has 0 amide bonds. The highest BCUT2D eigenvalue weighted by Crippen LogP contribution is 2.29. The van der Waals surface area contributed by atoms with Gasteiger partial charge >= 0.3 is 6.18 Å². The van der Waals surface area contributed by atoms with E-state index in [-0.39, 0.29) is 5.56 Å². The maximum Gasteiger partial charge on any atom is 0.401 e. The van der Waals surface area contributed by atoms with Crippen LogP contribution >= 0.6 is 0 Å². The highest BCUT2D eigenvalue weighted by atomic mass is 19.4. The Balaban J connectivity index is 1.68. The number of aliphatic hydroxyl groups is 1. The van der Waals surface area contributed by atoms with Crippen LogP contribution in [-0.2, 0) is 6.54 Å². The van der Waals surface area contributed by atoms with E-state index in [2.05, 4.69) is 4.90 Å². The van der Waals surface area contributed by atoms with E-state index in [1.807, 2.05) is 24.3 Å². The van der Waals surface area contributed by atoms with Crippen LogP contribution in [0.3, 0.4) is 0 Å². The number of piperazine rings is 1. The van der Waals surface area contributed by atoms with Crippen LogP contribution in [0.4, 0.5) is 17.6 Å². The molecule has 1 N–H and O–H groups in total. The molecule has 1 atom stereocenters. The van der Waals surface area contributed by atoms with E-state index in [1.165, 1.54) is 11.8 Å². The van der Waals surface area contributed by atoms with Crippen molar-refractivity contribution in [3.63, 3.8) is 0 Å². The molecule has 2 aromatic rings. The molecule has 3 nitrogen and oxygen atoms in total. The summed E-state index contributed by atoms with van der Waals surface area (Å²) in [6, 6.07) is 12.4. The molecule has 2 aromatic carbocycles. The molecule has 7 heteroatoms. The predicted molar refractivity (Wildman–Crippen MR) is 100 cm³/mol. The summed E-state index contributed by atoms with van der Waals surface area (Å²) in [4.78, 5) is 3.53.